The maximum Gasteiger partial charge on any atom is 0.227 e. The summed E-state index contributed by atoms with van der Waals surface area (Å²) in [5.74, 6) is -1.18. The molecule has 194 valence electrons. The molecule has 0 radical (unpaired) electrons. The van der Waals surface area contributed by atoms with Gasteiger partial charge < -0.3 is 38.8 Å². The number of likely N-dealkylation sites (N-methyl/N-ethyl adjacent to an activating group) is 1. The van der Waals surface area contributed by atoms with Crippen molar-refractivity contribution >= 4 is 11.6 Å². The Labute approximate surface area is 208 Å². The van der Waals surface area contributed by atoms with E-state index < -0.39 is 17.8 Å². The number of fused-ring (bicyclic) bond motifs is 1. The van der Waals surface area contributed by atoms with Crippen molar-refractivity contribution < 1.29 is 28.5 Å². The number of nitrogens with one attached hydrogen (secondary N) is 1. The van der Waals surface area contributed by atoms with Gasteiger partial charge in [-0.3, -0.25) is 4.79 Å². The molecule has 4 aliphatic rings. The number of amides is 1. The minimum absolute atomic E-state index is 0.171. The lowest BCUT2D eigenvalue weighted by Gasteiger charge is -2.27. The van der Waals surface area contributed by atoms with Crippen molar-refractivity contribution in [1.82, 2.24) is 9.80 Å². The van der Waals surface area contributed by atoms with Crippen molar-refractivity contribution in [3.8, 4) is 0 Å². The van der Waals surface area contributed by atoms with Gasteiger partial charge in [0, 0.05) is 25.3 Å². The lowest BCUT2D eigenvalue weighted by atomic mass is 10.1. The average molecular weight is 490 g/mol. The molecule has 0 aliphatic carbocycles. The number of carbonyl (C=O) groups is 1. The molecule has 1 aromatic rings. The van der Waals surface area contributed by atoms with E-state index in [4.69, 9.17) is 23.7 Å². The van der Waals surface area contributed by atoms with Gasteiger partial charge in [0.15, 0.2) is 17.8 Å². The molecule has 4 heterocycles. The van der Waals surface area contributed by atoms with E-state index in [0.717, 1.165) is 43.9 Å². The van der Waals surface area contributed by atoms with Crippen LogP contribution in [0.5, 0.6) is 0 Å². The first-order chi connectivity index (χ1) is 16.6. The summed E-state index contributed by atoms with van der Waals surface area (Å²) in [4.78, 5) is 17.2. The van der Waals surface area contributed by atoms with Crippen molar-refractivity contribution in [3.63, 3.8) is 0 Å². The Hall–Kier alpha value is -1.75. The molecule has 1 N–H and O–H groups in total. The van der Waals surface area contributed by atoms with E-state index in [2.05, 4.69) is 17.3 Å². The maximum absolute atomic E-state index is 12.9. The highest BCUT2D eigenvalue weighted by atomic mass is 16.8. The van der Waals surface area contributed by atoms with Crippen molar-refractivity contribution in [2.24, 2.45) is 0 Å². The average Bonchev–Trinajstić information content (AvgIpc) is 3.33. The smallest absolute Gasteiger partial charge is 0.227 e. The predicted molar refractivity (Wildman–Crippen MR) is 130 cm³/mol. The predicted octanol–water partition coefficient (Wildman–Crippen LogP) is 2.20. The minimum atomic E-state index is -0.707. The zero-order chi connectivity index (χ0) is 24.8. The van der Waals surface area contributed by atoms with E-state index in [1.54, 1.807) is 0 Å². The second-order valence-corrected chi connectivity index (χ2v) is 11.0. The topological polar surface area (TPSA) is 81.7 Å². The molecule has 4 saturated heterocycles. The van der Waals surface area contributed by atoms with Gasteiger partial charge in [-0.25, -0.2) is 0 Å². The summed E-state index contributed by atoms with van der Waals surface area (Å²) < 4.78 is 30.7. The number of anilines is 1. The van der Waals surface area contributed by atoms with Crippen molar-refractivity contribution in [1.29, 1.82) is 0 Å². The zero-order valence-electron chi connectivity index (χ0n) is 21.5. The van der Waals surface area contributed by atoms with Gasteiger partial charge in [-0.2, -0.15) is 0 Å². The molecule has 0 bridgehead atoms. The first kappa shape index (κ1) is 24.9. The van der Waals surface area contributed by atoms with Crippen LogP contribution in [0.4, 0.5) is 5.69 Å². The fraction of sp³-hybridized carbons (Fsp3) is 0.731. The van der Waals surface area contributed by atoms with Crippen LogP contribution in [0.15, 0.2) is 24.3 Å². The molecule has 5 rings (SSSR count). The van der Waals surface area contributed by atoms with Crippen LogP contribution in [0.2, 0.25) is 0 Å². The van der Waals surface area contributed by atoms with Crippen LogP contribution in [0.3, 0.4) is 0 Å². The summed E-state index contributed by atoms with van der Waals surface area (Å²) in [6, 6.07) is 7.97. The largest absolute Gasteiger partial charge is 0.358 e. The molecule has 9 heteroatoms. The van der Waals surface area contributed by atoms with Gasteiger partial charge in [-0.05, 0) is 65.4 Å². The van der Waals surface area contributed by atoms with E-state index in [0.29, 0.717) is 13.0 Å². The summed E-state index contributed by atoms with van der Waals surface area (Å²) in [5.41, 5.74) is 1.86. The minimum Gasteiger partial charge on any atom is -0.358 e. The summed E-state index contributed by atoms with van der Waals surface area (Å²) >= 11 is 0. The second kappa shape index (κ2) is 9.61. The lowest BCUT2D eigenvalue weighted by molar-refractivity contribution is -0.203. The van der Waals surface area contributed by atoms with Gasteiger partial charge in [0.25, 0.3) is 0 Å². The van der Waals surface area contributed by atoms with E-state index >= 15 is 0 Å². The monoisotopic (exact) mass is 489 g/mol. The van der Waals surface area contributed by atoms with Gasteiger partial charge in [-0.1, -0.05) is 12.1 Å². The van der Waals surface area contributed by atoms with Crippen molar-refractivity contribution in [3.05, 3.63) is 29.8 Å². The van der Waals surface area contributed by atoms with Gasteiger partial charge in [0.1, 0.15) is 24.4 Å². The lowest BCUT2D eigenvalue weighted by Crippen LogP contribution is -2.40. The van der Waals surface area contributed by atoms with E-state index in [9.17, 15) is 4.79 Å². The number of rotatable bonds is 5. The molecule has 1 aromatic carbocycles. The zero-order valence-corrected chi connectivity index (χ0v) is 21.5. The van der Waals surface area contributed by atoms with Gasteiger partial charge in [0.05, 0.1) is 13.0 Å². The summed E-state index contributed by atoms with van der Waals surface area (Å²) in [6.45, 7) is 11.6. The number of hydrogen-bond acceptors (Lipinski definition) is 8. The van der Waals surface area contributed by atoms with E-state index in [1.165, 1.54) is 0 Å². The Kier molecular flexibility index (Phi) is 6.84. The molecule has 1 amide bonds. The maximum atomic E-state index is 12.9. The first-order valence-corrected chi connectivity index (χ1v) is 12.7. The number of benzene rings is 1. The van der Waals surface area contributed by atoms with Gasteiger partial charge in [0.2, 0.25) is 5.91 Å². The molecule has 35 heavy (non-hydrogen) atoms. The normalized spacial score (nSPS) is 34.5. The van der Waals surface area contributed by atoms with Crippen molar-refractivity contribution in [2.45, 2.75) is 82.8 Å². The highest BCUT2D eigenvalue weighted by molar-refractivity contribution is 5.79. The Bertz CT molecular complexity index is 924. The van der Waals surface area contributed by atoms with Crippen LogP contribution in [-0.4, -0.2) is 97.8 Å². The Morgan fingerprint density at radius 1 is 1.00 bits per heavy atom. The fourth-order valence-corrected chi connectivity index (χ4v) is 5.44. The van der Waals surface area contributed by atoms with Gasteiger partial charge >= 0.3 is 0 Å². The molecule has 5 atom stereocenters. The fourth-order valence-electron chi connectivity index (χ4n) is 5.44. The first-order valence-electron chi connectivity index (χ1n) is 12.7. The highest BCUT2D eigenvalue weighted by Gasteiger charge is 2.59. The quantitative estimate of drug-likeness (QED) is 0.674. The van der Waals surface area contributed by atoms with Crippen LogP contribution in [0.1, 0.15) is 39.7 Å². The third-order valence-electron chi connectivity index (χ3n) is 7.15. The number of nitrogens with zero attached hydrogens (tertiary/aromatic N) is 2. The molecule has 0 saturated carbocycles. The van der Waals surface area contributed by atoms with Crippen LogP contribution < -0.4 is 5.32 Å². The molecule has 9 nitrogen and oxygen atoms in total. The van der Waals surface area contributed by atoms with Crippen molar-refractivity contribution in [2.75, 3.05) is 45.2 Å². The van der Waals surface area contributed by atoms with Gasteiger partial charge in [-0.15, -0.1) is 0 Å². The third kappa shape index (κ3) is 5.65. The highest BCUT2D eigenvalue weighted by Crippen LogP contribution is 2.42. The molecule has 0 spiro atoms. The Morgan fingerprint density at radius 2 is 1.80 bits per heavy atom. The number of ether oxygens (including phenoxy) is 5. The summed E-state index contributed by atoms with van der Waals surface area (Å²) in [5, 5.41) is 3.48. The molecule has 4 aliphatic heterocycles. The summed E-state index contributed by atoms with van der Waals surface area (Å²) in [7, 11) is 2.11. The molecule has 0 aromatic heterocycles. The molecular weight excluding hydrogens is 450 g/mol. The van der Waals surface area contributed by atoms with E-state index in [1.807, 2.05) is 56.9 Å². The standard InChI is InChI=1S/C26H39N3O6/c1-25(2)31-16-19(33-25)21-22-23(35-26(3,4)34-22)24(32-21)27-18-9-6-8-17(14-18)15-20(30)29-11-7-10-28(5)12-13-29/h6,8-9,14,19,21-24,27H,7,10-13,15-16H2,1-5H3/t19?,21?,22-,23-,24?/m0/s1. The Morgan fingerprint density at radius 3 is 2.57 bits per heavy atom. The Balaban J connectivity index is 1.25. The van der Waals surface area contributed by atoms with E-state index in [-0.39, 0.29) is 30.3 Å². The SMILES string of the molecule is CN1CCCN(C(=O)Cc2cccc(NC3OC(C4COC(C)(C)O4)[C@@H]4OC(C)(C)O[C@H]34)c2)CC1. The van der Waals surface area contributed by atoms with Crippen LogP contribution in [0.25, 0.3) is 0 Å². The second-order valence-electron chi connectivity index (χ2n) is 11.0. The van der Waals surface area contributed by atoms with Crippen LogP contribution >= 0.6 is 0 Å². The number of hydrogen-bond donors (Lipinski definition) is 1. The van der Waals surface area contributed by atoms with Crippen LogP contribution in [-0.2, 0) is 34.9 Å². The van der Waals surface area contributed by atoms with Crippen LogP contribution in [0, 0.1) is 0 Å². The number of carbonyl (C=O) groups excluding carboxylic acids is 1. The molecule has 4 fully saturated rings. The third-order valence-corrected chi connectivity index (χ3v) is 7.15. The molecular formula is C26H39N3O6. The molecule has 3 unspecified atom stereocenters. The summed E-state index contributed by atoms with van der Waals surface area (Å²) in [6.07, 6.45) is -0.124.